The number of benzene rings is 1. The van der Waals surface area contributed by atoms with Gasteiger partial charge < -0.3 is 10.2 Å². The quantitative estimate of drug-likeness (QED) is 0.691. The van der Waals surface area contributed by atoms with Gasteiger partial charge in [0, 0.05) is 36.7 Å². The van der Waals surface area contributed by atoms with Gasteiger partial charge in [-0.15, -0.1) is 0 Å². The third-order valence-corrected chi connectivity index (χ3v) is 5.05. The summed E-state index contributed by atoms with van der Waals surface area (Å²) in [6.07, 6.45) is 20.0. The van der Waals surface area contributed by atoms with E-state index in [2.05, 4.69) is 72.1 Å². The summed E-state index contributed by atoms with van der Waals surface area (Å²) in [6, 6.07) is 8.86. The smallest absolute Gasteiger partial charge is 0.0494 e. The van der Waals surface area contributed by atoms with Crippen LogP contribution >= 0.6 is 0 Å². The Balaban J connectivity index is 1.74. The third kappa shape index (κ3) is 3.65. The van der Waals surface area contributed by atoms with E-state index >= 15 is 0 Å². The van der Waals surface area contributed by atoms with Crippen molar-refractivity contribution in [1.29, 1.82) is 0 Å². The predicted octanol–water partition coefficient (Wildman–Crippen LogP) is 5.76. The summed E-state index contributed by atoms with van der Waals surface area (Å²) in [7, 11) is 2.05. The summed E-state index contributed by atoms with van der Waals surface area (Å²) >= 11 is 0. The minimum Gasteiger partial charge on any atom is -0.378 e. The van der Waals surface area contributed by atoms with Crippen LogP contribution in [0.25, 0.3) is 5.57 Å². The molecule has 0 radical (unpaired) electrons. The average Bonchev–Trinajstić information content (AvgIpc) is 2.69. The maximum Gasteiger partial charge on any atom is 0.0494 e. The van der Waals surface area contributed by atoms with Gasteiger partial charge in [0.25, 0.3) is 0 Å². The standard InChI is InChI=1S/C25H24N2/c1-18-8-6-7-13-27(3)17-20(12-11-19(18)2)21-14-22-16-23(15-21)26-25-10-5-4-9-24(22)25/h4-15,17,23,26H,1-2,16H2,3H3/b8-6-,12-11-,13-7-,20-17+. The Bertz CT molecular complexity index is 979. The molecule has 134 valence electrons. The van der Waals surface area contributed by atoms with Crippen LogP contribution in [0.4, 0.5) is 5.69 Å². The fraction of sp³-hybridized carbons (Fsp3) is 0.120. The molecule has 27 heavy (non-hydrogen) atoms. The molecule has 2 heteroatoms. The summed E-state index contributed by atoms with van der Waals surface area (Å²) in [6.45, 7) is 8.22. The second-order valence-electron chi connectivity index (χ2n) is 7.13. The van der Waals surface area contributed by atoms with Gasteiger partial charge >= 0.3 is 0 Å². The lowest BCUT2D eigenvalue weighted by molar-refractivity contribution is 0.622. The zero-order valence-corrected chi connectivity index (χ0v) is 15.7. The van der Waals surface area contributed by atoms with Crippen LogP contribution in [0, 0.1) is 0 Å². The van der Waals surface area contributed by atoms with Gasteiger partial charge in [-0.25, -0.2) is 0 Å². The first-order valence-corrected chi connectivity index (χ1v) is 9.24. The number of hydrogen-bond acceptors (Lipinski definition) is 2. The number of anilines is 1. The highest BCUT2D eigenvalue weighted by molar-refractivity contribution is 5.84. The SMILES string of the molecule is C=C1/C=C\C=C/N(C)/C=C(C2=CC3CC(=C2)c2ccccc2N3)\C=C/C1=C. The van der Waals surface area contributed by atoms with Gasteiger partial charge in [0.2, 0.25) is 0 Å². The Morgan fingerprint density at radius 2 is 1.81 bits per heavy atom. The monoisotopic (exact) mass is 352 g/mol. The summed E-state index contributed by atoms with van der Waals surface area (Å²) in [5, 5.41) is 3.65. The number of fused-ring (bicyclic) bond motifs is 4. The van der Waals surface area contributed by atoms with E-state index in [1.165, 1.54) is 22.4 Å². The van der Waals surface area contributed by atoms with Gasteiger partial charge in [0.05, 0.1) is 0 Å². The number of hydrogen-bond donors (Lipinski definition) is 1. The topological polar surface area (TPSA) is 15.3 Å². The van der Waals surface area contributed by atoms with Crippen LogP contribution in [0.3, 0.4) is 0 Å². The van der Waals surface area contributed by atoms with Gasteiger partial charge in [-0.2, -0.15) is 0 Å². The lowest BCUT2D eigenvalue weighted by Crippen LogP contribution is -2.25. The Kier molecular flexibility index (Phi) is 4.55. The second-order valence-corrected chi connectivity index (χ2v) is 7.13. The van der Waals surface area contributed by atoms with Gasteiger partial charge in [0.15, 0.2) is 0 Å². The minimum atomic E-state index is 0.322. The molecule has 0 aromatic heterocycles. The van der Waals surface area contributed by atoms with Gasteiger partial charge in [-0.05, 0) is 46.4 Å². The Morgan fingerprint density at radius 3 is 2.70 bits per heavy atom. The lowest BCUT2D eigenvalue weighted by atomic mass is 9.84. The first kappa shape index (κ1) is 17.2. The molecule has 2 bridgehead atoms. The Morgan fingerprint density at radius 1 is 1.00 bits per heavy atom. The molecule has 0 saturated heterocycles. The number of allylic oxidation sites excluding steroid dienone is 10. The van der Waals surface area contributed by atoms with Crippen LogP contribution in [0.2, 0.25) is 0 Å². The molecule has 0 saturated carbocycles. The van der Waals surface area contributed by atoms with Crippen molar-refractivity contribution >= 4 is 11.3 Å². The first-order chi connectivity index (χ1) is 13.1. The van der Waals surface area contributed by atoms with E-state index in [1.807, 2.05) is 37.6 Å². The fourth-order valence-corrected chi connectivity index (χ4v) is 3.59. The maximum atomic E-state index is 4.14. The van der Waals surface area contributed by atoms with Crippen LogP contribution < -0.4 is 5.32 Å². The average molecular weight is 352 g/mol. The third-order valence-electron chi connectivity index (χ3n) is 5.05. The largest absolute Gasteiger partial charge is 0.378 e. The summed E-state index contributed by atoms with van der Waals surface area (Å²) in [5.41, 5.74) is 8.13. The summed E-state index contributed by atoms with van der Waals surface area (Å²) in [4.78, 5) is 2.08. The molecule has 1 N–H and O–H groups in total. The number of nitrogens with zero attached hydrogens (tertiary/aromatic N) is 1. The van der Waals surface area contributed by atoms with E-state index < -0.39 is 0 Å². The highest BCUT2D eigenvalue weighted by atomic mass is 15.0. The van der Waals surface area contributed by atoms with E-state index in [0.29, 0.717) is 6.04 Å². The fourth-order valence-electron chi connectivity index (χ4n) is 3.59. The van der Waals surface area contributed by atoms with Gasteiger partial charge in [-0.3, -0.25) is 0 Å². The molecule has 0 amide bonds. The Labute approximate surface area is 161 Å². The number of rotatable bonds is 1. The molecule has 2 heterocycles. The van der Waals surface area contributed by atoms with Crippen LogP contribution in [-0.2, 0) is 0 Å². The van der Waals surface area contributed by atoms with Crippen molar-refractivity contribution < 1.29 is 0 Å². The molecule has 3 aliphatic rings. The molecule has 1 aliphatic carbocycles. The van der Waals surface area contributed by atoms with Crippen molar-refractivity contribution in [3.8, 4) is 0 Å². The zero-order valence-electron chi connectivity index (χ0n) is 15.7. The molecular weight excluding hydrogens is 328 g/mol. The summed E-state index contributed by atoms with van der Waals surface area (Å²) in [5.74, 6) is 0. The molecule has 2 aliphatic heterocycles. The van der Waals surface area contributed by atoms with E-state index in [0.717, 1.165) is 23.1 Å². The van der Waals surface area contributed by atoms with Gasteiger partial charge in [-0.1, -0.05) is 67.8 Å². The van der Waals surface area contributed by atoms with Crippen molar-refractivity contribution in [2.24, 2.45) is 0 Å². The van der Waals surface area contributed by atoms with E-state index in [-0.39, 0.29) is 0 Å². The van der Waals surface area contributed by atoms with E-state index in [9.17, 15) is 0 Å². The molecule has 1 aromatic rings. The van der Waals surface area contributed by atoms with Crippen molar-refractivity contribution in [3.63, 3.8) is 0 Å². The van der Waals surface area contributed by atoms with Crippen molar-refractivity contribution in [1.82, 2.24) is 4.90 Å². The Hall–Kier alpha value is -3.26. The van der Waals surface area contributed by atoms with Crippen molar-refractivity contribution in [2.45, 2.75) is 12.5 Å². The summed E-state index contributed by atoms with van der Waals surface area (Å²) < 4.78 is 0. The van der Waals surface area contributed by atoms with Gasteiger partial charge in [0.1, 0.15) is 0 Å². The van der Waals surface area contributed by atoms with Crippen molar-refractivity contribution in [3.05, 3.63) is 120 Å². The molecule has 0 spiro atoms. The second kappa shape index (κ2) is 7.16. The normalized spacial score (nSPS) is 27.1. The van der Waals surface area contributed by atoms with Crippen LogP contribution in [0.15, 0.2) is 115 Å². The van der Waals surface area contributed by atoms with Crippen molar-refractivity contribution in [2.75, 3.05) is 12.4 Å². The van der Waals surface area contributed by atoms with Crippen LogP contribution in [0.5, 0.6) is 0 Å². The molecule has 1 atom stereocenters. The highest BCUT2D eigenvalue weighted by Gasteiger charge is 2.24. The van der Waals surface area contributed by atoms with Crippen LogP contribution in [-0.4, -0.2) is 18.0 Å². The maximum absolute atomic E-state index is 4.14. The van der Waals surface area contributed by atoms with E-state index in [1.54, 1.807) is 0 Å². The molecule has 2 nitrogen and oxygen atoms in total. The molecule has 4 rings (SSSR count). The van der Waals surface area contributed by atoms with E-state index in [4.69, 9.17) is 0 Å². The minimum absolute atomic E-state index is 0.322. The first-order valence-electron chi connectivity index (χ1n) is 9.24. The molecule has 1 aromatic carbocycles. The molecule has 1 unspecified atom stereocenters. The highest BCUT2D eigenvalue weighted by Crippen LogP contribution is 2.39. The molecular formula is C25H24N2. The predicted molar refractivity (Wildman–Crippen MR) is 116 cm³/mol. The zero-order chi connectivity index (χ0) is 18.8. The van der Waals surface area contributed by atoms with Crippen LogP contribution in [0.1, 0.15) is 12.0 Å². The lowest BCUT2D eigenvalue weighted by Gasteiger charge is -2.31. The molecule has 0 fully saturated rings. The number of para-hydroxylation sites is 1. The number of nitrogens with one attached hydrogen (secondary N) is 1.